The van der Waals surface area contributed by atoms with Crippen LogP contribution in [0.15, 0.2) is 12.1 Å². The summed E-state index contributed by atoms with van der Waals surface area (Å²) in [5.74, 6) is 1.26. The van der Waals surface area contributed by atoms with Gasteiger partial charge in [0.1, 0.15) is 0 Å². The molecule has 1 fully saturated rings. The second-order valence-electron chi connectivity index (χ2n) is 10.7. The fourth-order valence-electron chi connectivity index (χ4n) is 4.19. The maximum Gasteiger partial charge on any atom is 0.231 e. The van der Waals surface area contributed by atoms with E-state index < -0.39 is 21.9 Å². The number of benzene rings is 1. The first-order valence-electron chi connectivity index (χ1n) is 10.5. The van der Waals surface area contributed by atoms with Gasteiger partial charge in [0.2, 0.25) is 6.79 Å². The molecule has 1 aromatic carbocycles. The monoisotopic (exact) mass is 549 g/mol. The van der Waals surface area contributed by atoms with Crippen molar-refractivity contribution in [1.82, 2.24) is 4.90 Å². The Bertz CT molecular complexity index is 727. The van der Waals surface area contributed by atoms with Crippen molar-refractivity contribution >= 4 is 38.7 Å². The second kappa shape index (κ2) is 8.78. The lowest BCUT2D eigenvalue weighted by Crippen LogP contribution is -2.57. The first kappa shape index (κ1) is 23.5. The Morgan fingerprint density at radius 1 is 1.03 bits per heavy atom. The molecule has 0 saturated carbocycles. The third kappa shape index (κ3) is 6.19. The molecule has 0 aliphatic carbocycles. The van der Waals surface area contributed by atoms with Crippen molar-refractivity contribution in [3.63, 3.8) is 0 Å². The van der Waals surface area contributed by atoms with E-state index in [0.29, 0.717) is 25.7 Å². The molecule has 1 unspecified atom stereocenters. The van der Waals surface area contributed by atoms with E-state index in [1.54, 1.807) is 0 Å². The van der Waals surface area contributed by atoms with Crippen LogP contribution < -0.4 is 9.47 Å². The summed E-state index contributed by atoms with van der Waals surface area (Å²) in [4.78, 5) is 2.73. The molecule has 0 aromatic heterocycles. The van der Waals surface area contributed by atoms with E-state index in [-0.39, 0.29) is 0 Å². The predicted molar refractivity (Wildman–Crippen MR) is 131 cm³/mol. The Balaban J connectivity index is 1.92. The summed E-state index contributed by atoms with van der Waals surface area (Å²) in [5.41, 5.74) is 1.79. The van der Waals surface area contributed by atoms with Crippen molar-refractivity contribution in [2.75, 3.05) is 26.2 Å². The molecule has 0 amide bonds. The maximum absolute atomic E-state index is 6.03. The van der Waals surface area contributed by atoms with Crippen molar-refractivity contribution < 1.29 is 18.9 Å². The lowest BCUT2D eigenvalue weighted by atomic mass is 10.1. The molecule has 3 rings (SSSR count). The molecule has 1 aromatic rings. The molecule has 0 spiro atoms. The van der Waals surface area contributed by atoms with Crippen molar-refractivity contribution in [1.29, 1.82) is 0 Å². The van der Waals surface area contributed by atoms with Gasteiger partial charge in [-0.15, -0.1) is 0 Å². The van der Waals surface area contributed by atoms with Crippen molar-refractivity contribution in [3.05, 3.63) is 21.3 Å². The molecule has 164 valence electrons. The molecular weight excluding hydrogens is 513 g/mol. The highest BCUT2D eigenvalue weighted by molar-refractivity contribution is 14.1. The fourth-order valence-corrected chi connectivity index (χ4v) is 8.80. The maximum atomic E-state index is 6.03. The summed E-state index contributed by atoms with van der Waals surface area (Å²) < 4.78 is 24.5. The van der Waals surface area contributed by atoms with Crippen molar-refractivity contribution in [2.45, 2.75) is 70.6 Å². The van der Waals surface area contributed by atoms with Gasteiger partial charge >= 0.3 is 0 Å². The summed E-state index contributed by atoms with van der Waals surface area (Å²) in [6, 6.07) is 4.28. The van der Waals surface area contributed by atoms with Crippen LogP contribution >= 0.6 is 22.6 Å². The van der Waals surface area contributed by atoms with E-state index in [1.807, 2.05) is 0 Å². The van der Waals surface area contributed by atoms with Crippen molar-refractivity contribution in [3.8, 4) is 11.5 Å². The number of nitrogens with zero attached hydrogens (tertiary/aromatic N) is 1. The summed E-state index contributed by atoms with van der Waals surface area (Å²) in [6.07, 6.45) is 2.08. The molecule has 29 heavy (non-hydrogen) atoms. The van der Waals surface area contributed by atoms with E-state index in [0.717, 1.165) is 30.6 Å². The normalized spacial score (nSPS) is 19.8. The standard InChI is InChI=1S/C21H36INO4Si2/c1-21(26-8-9-27-21)12-20(29(5,6)7)23(14-28(2,3)4)13-16-10-18-19(11-17(16)22)25-15-24-18/h10-11,20H,8-9,12-15H2,1-7H3. The number of hydrogen-bond donors (Lipinski definition) is 0. The number of ether oxygens (including phenoxy) is 4. The Hall–Kier alpha value is -0.136. The number of hydrogen-bond acceptors (Lipinski definition) is 5. The molecule has 0 N–H and O–H groups in total. The van der Waals surface area contributed by atoms with Crippen LogP contribution in [-0.4, -0.2) is 58.7 Å². The highest BCUT2D eigenvalue weighted by Gasteiger charge is 2.42. The highest BCUT2D eigenvalue weighted by atomic mass is 127. The highest BCUT2D eigenvalue weighted by Crippen LogP contribution is 2.37. The van der Waals surface area contributed by atoms with E-state index in [9.17, 15) is 0 Å². The van der Waals surface area contributed by atoms with Crippen LogP contribution in [-0.2, 0) is 16.0 Å². The fraction of sp³-hybridized carbons (Fsp3) is 0.714. The lowest BCUT2D eigenvalue weighted by Gasteiger charge is -2.44. The van der Waals surface area contributed by atoms with Gasteiger partial charge in [0.25, 0.3) is 0 Å². The summed E-state index contributed by atoms with van der Waals surface area (Å²) in [6.45, 7) is 19.5. The zero-order valence-electron chi connectivity index (χ0n) is 18.9. The van der Waals surface area contributed by atoms with Gasteiger partial charge in [-0.1, -0.05) is 39.3 Å². The van der Waals surface area contributed by atoms with Crippen LogP contribution in [0.4, 0.5) is 0 Å². The average Bonchev–Trinajstić information content (AvgIpc) is 3.19. The molecule has 5 nitrogen and oxygen atoms in total. The van der Waals surface area contributed by atoms with Crippen LogP contribution in [0.5, 0.6) is 11.5 Å². The Morgan fingerprint density at radius 3 is 2.17 bits per heavy atom. The van der Waals surface area contributed by atoms with Gasteiger partial charge in [0.05, 0.1) is 29.4 Å². The topological polar surface area (TPSA) is 40.2 Å². The van der Waals surface area contributed by atoms with E-state index in [4.69, 9.17) is 18.9 Å². The van der Waals surface area contributed by atoms with Crippen LogP contribution in [0, 0.1) is 3.57 Å². The van der Waals surface area contributed by atoms with E-state index >= 15 is 0 Å². The van der Waals surface area contributed by atoms with Gasteiger partial charge in [-0.05, 0) is 53.4 Å². The quantitative estimate of drug-likeness (QED) is 0.334. The predicted octanol–water partition coefficient (Wildman–Crippen LogP) is 5.10. The molecule has 8 heteroatoms. The second-order valence-corrected chi connectivity index (χ2v) is 22.7. The van der Waals surface area contributed by atoms with Gasteiger partial charge < -0.3 is 23.8 Å². The largest absolute Gasteiger partial charge is 0.454 e. The summed E-state index contributed by atoms with van der Waals surface area (Å²) in [7, 11) is -2.85. The molecule has 2 aliphatic rings. The minimum atomic E-state index is -1.53. The van der Waals surface area contributed by atoms with E-state index in [1.165, 1.54) is 9.13 Å². The SMILES string of the molecule is CC1(CC(N(Cc2cc3c(cc2I)OCO3)C[Si](C)(C)C)[Si](C)(C)C)OCCO1. The molecule has 2 aliphatic heterocycles. The molecule has 2 heterocycles. The first-order valence-corrected chi connectivity index (χ1v) is 18.8. The van der Waals surface area contributed by atoms with Crippen LogP contribution in [0.2, 0.25) is 39.3 Å². The third-order valence-electron chi connectivity index (χ3n) is 5.50. The number of halogens is 1. The van der Waals surface area contributed by atoms with Gasteiger partial charge in [-0.2, -0.15) is 0 Å². The van der Waals surface area contributed by atoms with E-state index in [2.05, 4.69) is 85.8 Å². The van der Waals surface area contributed by atoms with Gasteiger partial charge in [-0.3, -0.25) is 0 Å². The zero-order chi connectivity index (χ0) is 21.4. The van der Waals surface area contributed by atoms with Gasteiger partial charge in [0.15, 0.2) is 17.3 Å². The van der Waals surface area contributed by atoms with Crippen LogP contribution in [0.25, 0.3) is 0 Å². The van der Waals surface area contributed by atoms with Crippen molar-refractivity contribution in [2.24, 2.45) is 0 Å². The minimum Gasteiger partial charge on any atom is -0.454 e. The smallest absolute Gasteiger partial charge is 0.231 e. The van der Waals surface area contributed by atoms with Crippen LogP contribution in [0.3, 0.4) is 0 Å². The Labute approximate surface area is 191 Å². The van der Waals surface area contributed by atoms with Gasteiger partial charge in [-0.25, -0.2) is 0 Å². The Kier molecular flexibility index (Phi) is 7.12. The summed E-state index contributed by atoms with van der Waals surface area (Å²) >= 11 is 2.43. The minimum absolute atomic E-state index is 0.318. The number of rotatable bonds is 8. The third-order valence-corrected chi connectivity index (χ3v) is 10.4. The van der Waals surface area contributed by atoms with Crippen LogP contribution in [0.1, 0.15) is 18.9 Å². The van der Waals surface area contributed by atoms with Gasteiger partial charge in [0, 0.05) is 22.2 Å². The Morgan fingerprint density at radius 2 is 1.62 bits per heavy atom. The molecule has 1 atom stereocenters. The lowest BCUT2D eigenvalue weighted by molar-refractivity contribution is -0.152. The molecule has 0 radical (unpaired) electrons. The average molecular weight is 550 g/mol. The summed E-state index contributed by atoms with van der Waals surface area (Å²) in [5, 5.41) is 0. The first-order chi connectivity index (χ1) is 13.4. The number of fused-ring (bicyclic) bond motifs is 1. The molecular formula is C21H36INO4Si2. The zero-order valence-corrected chi connectivity index (χ0v) is 23.1. The molecule has 0 bridgehead atoms. The molecule has 1 saturated heterocycles.